The molecular formula is C17H16OS. The summed E-state index contributed by atoms with van der Waals surface area (Å²) in [5, 5.41) is 1.39. The van der Waals surface area contributed by atoms with Crippen LogP contribution >= 0.6 is 11.3 Å². The molecule has 0 radical (unpaired) electrons. The summed E-state index contributed by atoms with van der Waals surface area (Å²) in [4.78, 5) is 1.41. The zero-order valence-corrected chi connectivity index (χ0v) is 12.0. The zero-order valence-electron chi connectivity index (χ0n) is 11.1. The van der Waals surface area contributed by atoms with Crippen molar-refractivity contribution in [1.29, 1.82) is 0 Å². The minimum Gasteiger partial charge on any atom is -0.497 e. The van der Waals surface area contributed by atoms with Crippen molar-refractivity contribution in [3.8, 4) is 5.75 Å². The Labute approximate surface area is 117 Å². The molecule has 1 nitrogen and oxygen atoms in total. The van der Waals surface area contributed by atoms with Gasteiger partial charge in [-0.3, -0.25) is 0 Å². The Kier molecular flexibility index (Phi) is 3.26. The van der Waals surface area contributed by atoms with E-state index in [2.05, 4.69) is 43.3 Å². The summed E-state index contributed by atoms with van der Waals surface area (Å²) in [5.41, 5.74) is 2.78. The van der Waals surface area contributed by atoms with Gasteiger partial charge in [0.1, 0.15) is 5.75 Å². The quantitative estimate of drug-likeness (QED) is 0.662. The third-order valence-electron chi connectivity index (χ3n) is 3.44. The molecule has 0 saturated carbocycles. The van der Waals surface area contributed by atoms with Gasteiger partial charge < -0.3 is 4.74 Å². The SMILES string of the molecule is COc1ccc(Cc2c(C)sc3ccccc23)cc1. The fourth-order valence-corrected chi connectivity index (χ4v) is 3.47. The Bertz CT molecular complexity index is 695. The number of ether oxygens (including phenoxy) is 1. The normalized spacial score (nSPS) is 10.8. The van der Waals surface area contributed by atoms with Crippen LogP contribution in [0.5, 0.6) is 5.75 Å². The maximum Gasteiger partial charge on any atom is 0.118 e. The summed E-state index contributed by atoms with van der Waals surface area (Å²) in [6.45, 7) is 2.21. The maximum atomic E-state index is 5.20. The third kappa shape index (κ3) is 2.36. The third-order valence-corrected chi connectivity index (χ3v) is 4.57. The van der Waals surface area contributed by atoms with E-state index in [0.29, 0.717) is 0 Å². The largest absolute Gasteiger partial charge is 0.497 e. The number of hydrogen-bond acceptors (Lipinski definition) is 2. The van der Waals surface area contributed by atoms with E-state index >= 15 is 0 Å². The molecule has 0 bridgehead atoms. The van der Waals surface area contributed by atoms with Crippen molar-refractivity contribution in [2.75, 3.05) is 7.11 Å². The van der Waals surface area contributed by atoms with Gasteiger partial charge >= 0.3 is 0 Å². The highest BCUT2D eigenvalue weighted by molar-refractivity contribution is 7.19. The lowest BCUT2D eigenvalue weighted by Crippen LogP contribution is -1.89. The maximum absolute atomic E-state index is 5.20. The molecule has 0 aliphatic carbocycles. The first-order valence-corrected chi connectivity index (χ1v) is 7.19. The molecule has 0 aliphatic rings. The molecule has 1 aromatic heterocycles. The predicted molar refractivity (Wildman–Crippen MR) is 82.4 cm³/mol. The van der Waals surface area contributed by atoms with E-state index in [9.17, 15) is 0 Å². The molecule has 3 aromatic rings. The molecule has 19 heavy (non-hydrogen) atoms. The first-order chi connectivity index (χ1) is 9.28. The first-order valence-electron chi connectivity index (χ1n) is 6.38. The van der Waals surface area contributed by atoms with Crippen molar-refractivity contribution in [2.45, 2.75) is 13.3 Å². The topological polar surface area (TPSA) is 9.23 Å². The second-order valence-electron chi connectivity index (χ2n) is 4.66. The summed E-state index contributed by atoms with van der Waals surface area (Å²) in [6, 6.07) is 17.0. The molecule has 0 saturated heterocycles. The van der Waals surface area contributed by atoms with Crippen LogP contribution in [0, 0.1) is 6.92 Å². The average Bonchev–Trinajstić information content (AvgIpc) is 2.76. The lowest BCUT2D eigenvalue weighted by Gasteiger charge is -2.04. The number of rotatable bonds is 3. The van der Waals surface area contributed by atoms with Crippen molar-refractivity contribution >= 4 is 21.4 Å². The van der Waals surface area contributed by atoms with Gasteiger partial charge in [-0.2, -0.15) is 0 Å². The highest BCUT2D eigenvalue weighted by Crippen LogP contribution is 2.32. The zero-order chi connectivity index (χ0) is 13.2. The van der Waals surface area contributed by atoms with Gasteiger partial charge in [0.2, 0.25) is 0 Å². The van der Waals surface area contributed by atoms with Crippen LogP contribution < -0.4 is 4.74 Å². The van der Waals surface area contributed by atoms with Gasteiger partial charge in [-0.05, 0) is 48.1 Å². The van der Waals surface area contributed by atoms with Crippen molar-refractivity contribution in [3.63, 3.8) is 0 Å². The van der Waals surface area contributed by atoms with Gasteiger partial charge in [0.05, 0.1) is 7.11 Å². The Morgan fingerprint density at radius 2 is 1.74 bits per heavy atom. The second-order valence-corrected chi connectivity index (χ2v) is 5.91. The molecule has 0 N–H and O–H groups in total. The van der Waals surface area contributed by atoms with Gasteiger partial charge in [-0.25, -0.2) is 0 Å². The van der Waals surface area contributed by atoms with E-state index in [1.807, 2.05) is 23.5 Å². The van der Waals surface area contributed by atoms with E-state index in [-0.39, 0.29) is 0 Å². The summed E-state index contributed by atoms with van der Waals surface area (Å²) >= 11 is 1.88. The van der Waals surface area contributed by atoms with Gasteiger partial charge in [-0.15, -0.1) is 11.3 Å². The lowest BCUT2D eigenvalue weighted by atomic mass is 10.0. The number of benzene rings is 2. The summed E-state index contributed by atoms with van der Waals surface area (Å²) in [5.74, 6) is 0.913. The predicted octanol–water partition coefficient (Wildman–Crippen LogP) is 4.81. The summed E-state index contributed by atoms with van der Waals surface area (Å²) in [6.07, 6.45) is 0.986. The van der Waals surface area contributed by atoms with Gasteiger partial charge in [0.15, 0.2) is 0 Å². The van der Waals surface area contributed by atoms with Crippen LogP contribution in [0.3, 0.4) is 0 Å². The highest BCUT2D eigenvalue weighted by Gasteiger charge is 2.09. The molecule has 0 atom stereocenters. The summed E-state index contributed by atoms with van der Waals surface area (Å²) in [7, 11) is 1.70. The van der Waals surface area contributed by atoms with Gasteiger partial charge in [-0.1, -0.05) is 30.3 Å². The van der Waals surface area contributed by atoms with Crippen LogP contribution in [-0.4, -0.2) is 7.11 Å². The lowest BCUT2D eigenvalue weighted by molar-refractivity contribution is 0.414. The van der Waals surface area contributed by atoms with Crippen molar-refractivity contribution < 1.29 is 4.74 Å². The standard InChI is InChI=1S/C17H16OS/c1-12-16(15-5-3-4-6-17(15)19-12)11-13-7-9-14(18-2)10-8-13/h3-10H,11H2,1-2H3. The van der Waals surface area contributed by atoms with Crippen LogP contribution in [0.2, 0.25) is 0 Å². The van der Waals surface area contributed by atoms with Crippen molar-refractivity contribution in [1.82, 2.24) is 0 Å². The number of fused-ring (bicyclic) bond motifs is 1. The smallest absolute Gasteiger partial charge is 0.118 e. The second kappa shape index (κ2) is 5.06. The Balaban J connectivity index is 1.98. The molecule has 0 unspecified atom stereocenters. The average molecular weight is 268 g/mol. The van der Waals surface area contributed by atoms with Gasteiger partial charge in [0, 0.05) is 9.58 Å². The van der Waals surface area contributed by atoms with E-state index in [4.69, 9.17) is 4.74 Å². The Morgan fingerprint density at radius 3 is 2.47 bits per heavy atom. The molecule has 0 spiro atoms. The summed E-state index contributed by atoms with van der Waals surface area (Å²) < 4.78 is 6.58. The molecule has 2 aromatic carbocycles. The fourth-order valence-electron chi connectivity index (χ4n) is 2.39. The van der Waals surface area contributed by atoms with Crippen molar-refractivity contribution in [2.24, 2.45) is 0 Å². The van der Waals surface area contributed by atoms with E-state index in [0.717, 1.165) is 12.2 Å². The molecule has 0 amide bonds. The number of thiophene rings is 1. The Morgan fingerprint density at radius 1 is 1.00 bits per heavy atom. The molecule has 96 valence electrons. The Hall–Kier alpha value is -1.80. The number of methoxy groups -OCH3 is 1. The van der Waals surface area contributed by atoms with E-state index in [1.165, 1.54) is 26.1 Å². The van der Waals surface area contributed by atoms with Crippen LogP contribution in [0.25, 0.3) is 10.1 Å². The molecule has 2 heteroatoms. The van der Waals surface area contributed by atoms with Gasteiger partial charge in [0.25, 0.3) is 0 Å². The van der Waals surface area contributed by atoms with Crippen molar-refractivity contribution in [3.05, 3.63) is 64.5 Å². The highest BCUT2D eigenvalue weighted by atomic mass is 32.1. The van der Waals surface area contributed by atoms with Crippen LogP contribution in [0.1, 0.15) is 16.0 Å². The molecular weight excluding hydrogens is 252 g/mol. The molecule has 1 heterocycles. The van der Waals surface area contributed by atoms with E-state index in [1.54, 1.807) is 7.11 Å². The number of hydrogen-bond donors (Lipinski definition) is 0. The minimum atomic E-state index is 0.913. The fraction of sp³-hybridized carbons (Fsp3) is 0.176. The molecule has 0 aliphatic heterocycles. The van der Waals surface area contributed by atoms with Crippen LogP contribution in [0.4, 0.5) is 0 Å². The number of aryl methyl sites for hydroxylation is 1. The molecule has 0 fully saturated rings. The minimum absolute atomic E-state index is 0.913. The molecule has 3 rings (SSSR count). The first kappa shape index (κ1) is 12.2. The van der Waals surface area contributed by atoms with E-state index < -0.39 is 0 Å². The van der Waals surface area contributed by atoms with Crippen LogP contribution in [0.15, 0.2) is 48.5 Å². The van der Waals surface area contributed by atoms with Crippen LogP contribution in [-0.2, 0) is 6.42 Å². The monoisotopic (exact) mass is 268 g/mol.